The molecule has 0 amide bonds. The molecule has 2 aliphatic rings. The molecule has 1 atom stereocenters. The average molecular weight is 258 g/mol. The number of thioether (sulfide) groups is 2. The van der Waals surface area contributed by atoms with E-state index < -0.39 is 0 Å². The third kappa shape index (κ3) is 3.59. The fraction of sp³-hybridized carbons (Fsp3) is 0.917. The van der Waals surface area contributed by atoms with Crippen molar-refractivity contribution in [3.8, 4) is 0 Å². The lowest BCUT2D eigenvalue weighted by atomic mass is 10.0. The van der Waals surface area contributed by atoms with Gasteiger partial charge in [0, 0.05) is 11.8 Å². The summed E-state index contributed by atoms with van der Waals surface area (Å²) in [5.74, 6) is 4.53. The van der Waals surface area contributed by atoms with Crippen LogP contribution in [0.25, 0.3) is 0 Å². The molecule has 0 aromatic carbocycles. The van der Waals surface area contributed by atoms with Crippen molar-refractivity contribution in [2.24, 2.45) is 10.9 Å². The first kappa shape index (κ1) is 12.6. The Kier molecular flexibility index (Phi) is 4.89. The summed E-state index contributed by atoms with van der Waals surface area (Å²) in [7, 11) is 0. The molecule has 1 unspecified atom stereocenters. The molecule has 2 rings (SSSR count). The van der Waals surface area contributed by atoms with Gasteiger partial charge in [0.25, 0.3) is 0 Å². The van der Waals surface area contributed by atoms with Crippen molar-refractivity contribution in [3.05, 3.63) is 0 Å². The fourth-order valence-corrected chi connectivity index (χ4v) is 4.23. The number of nitrogens with zero attached hydrogens (tertiary/aromatic N) is 1. The Balaban J connectivity index is 1.87. The van der Waals surface area contributed by atoms with Gasteiger partial charge in [-0.25, -0.2) is 0 Å². The van der Waals surface area contributed by atoms with E-state index >= 15 is 0 Å². The normalized spacial score (nSPS) is 27.9. The van der Waals surface area contributed by atoms with Gasteiger partial charge in [-0.1, -0.05) is 25.6 Å². The summed E-state index contributed by atoms with van der Waals surface area (Å²) in [6.45, 7) is 4.55. The van der Waals surface area contributed by atoms with Gasteiger partial charge >= 0.3 is 0 Å². The molecule has 0 aromatic rings. The third-order valence-corrected chi connectivity index (χ3v) is 5.24. The first-order valence-electron chi connectivity index (χ1n) is 6.30. The van der Waals surface area contributed by atoms with Crippen molar-refractivity contribution in [2.75, 3.05) is 17.3 Å². The number of nitrogens with one attached hydrogen (secondary N) is 1. The van der Waals surface area contributed by atoms with Gasteiger partial charge in [0.15, 0.2) is 5.17 Å². The van der Waals surface area contributed by atoms with E-state index in [9.17, 15) is 0 Å². The van der Waals surface area contributed by atoms with Crippen molar-refractivity contribution in [3.63, 3.8) is 0 Å². The molecule has 2 nitrogen and oxygen atoms in total. The van der Waals surface area contributed by atoms with Gasteiger partial charge in [-0.15, -0.1) is 0 Å². The molecule has 1 saturated heterocycles. The summed E-state index contributed by atoms with van der Waals surface area (Å²) in [6.07, 6.45) is 3.85. The van der Waals surface area contributed by atoms with Gasteiger partial charge in [-0.05, 0) is 36.7 Å². The molecule has 16 heavy (non-hydrogen) atoms. The van der Waals surface area contributed by atoms with E-state index in [1.807, 2.05) is 11.8 Å². The molecule has 0 bridgehead atoms. The monoisotopic (exact) mass is 258 g/mol. The van der Waals surface area contributed by atoms with Crippen molar-refractivity contribution in [1.82, 2.24) is 5.32 Å². The van der Waals surface area contributed by atoms with Crippen LogP contribution in [0.2, 0.25) is 0 Å². The molecular weight excluding hydrogens is 236 g/mol. The predicted octanol–water partition coefficient (Wildman–Crippen LogP) is 2.99. The summed E-state index contributed by atoms with van der Waals surface area (Å²) in [5.41, 5.74) is 0. The van der Waals surface area contributed by atoms with E-state index in [0.29, 0.717) is 18.0 Å². The first-order valence-corrected chi connectivity index (χ1v) is 8.44. The zero-order chi connectivity index (χ0) is 11.4. The predicted molar refractivity (Wildman–Crippen MR) is 76.6 cm³/mol. The SMILES string of the molecule is CC(C)C1CCSC(NC2CCSCC2)=N1. The van der Waals surface area contributed by atoms with E-state index in [0.717, 1.165) is 0 Å². The van der Waals surface area contributed by atoms with Crippen LogP contribution in [0.4, 0.5) is 0 Å². The van der Waals surface area contributed by atoms with Crippen LogP contribution in [0, 0.1) is 5.92 Å². The summed E-state index contributed by atoms with van der Waals surface area (Å²) >= 11 is 3.99. The lowest BCUT2D eigenvalue weighted by molar-refractivity contribution is 0.479. The molecule has 0 saturated carbocycles. The number of hydrogen-bond acceptors (Lipinski definition) is 4. The zero-order valence-electron chi connectivity index (χ0n) is 10.2. The molecule has 0 aliphatic carbocycles. The minimum atomic E-state index is 0.543. The standard InChI is InChI=1S/C12H22N2S2/c1-9(2)11-5-8-16-12(14-11)13-10-3-6-15-7-4-10/h9-11H,3-8H2,1-2H3,(H,13,14). The van der Waals surface area contributed by atoms with Crippen LogP contribution in [0.5, 0.6) is 0 Å². The molecule has 0 spiro atoms. The van der Waals surface area contributed by atoms with Gasteiger partial charge < -0.3 is 5.32 Å². The van der Waals surface area contributed by atoms with E-state index in [1.165, 1.54) is 41.7 Å². The molecule has 2 heterocycles. The van der Waals surface area contributed by atoms with Crippen LogP contribution < -0.4 is 5.32 Å². The van der Waals surface area contributed by atoms with E-state index in [4.69, 9.17) is 4.99 Å². The second-order valence-electron chi connectivity index (χ2n) is 4.91. The van der Waals surface area contributed by atoms with E-state index in [-0.39, 0.29) is 0 Å². The van der Waals surface area contributed by atoms with E-state index in [2.05, 4.69) is 30.9 Å². The molecule has 1 N–H and O–H groups in total. The Bertz CT molecular complexity index is 247. The Morgan fingerprint density at radius 3 is 2.62 bits per heavy atom. The number of rotatable bonds is 2. The quantitative estimate of drug-likeness (QED) is 0.824. The highest BCUT2D eigenvalue weighted by molar-refractivity contribution is 8.13. The Morgan fingerprint density at radius 1 is 1.19 bits per heavy atom. The summed E-state index contributed by atoms with van der Waals surface area (Å²) in [5, 5.41) is 4.85. The molecule has 4 heteroatoms. The highest BCUT2D eigenvalue weighted by Gasteiger charge is 2.21. The van der Waals surface area contributed by atoms with Crippen LogP contribution in [-0.4, -0.2) is 34.5 Å². The smallest absolute Gasteiger partial charge is 0.157 e. The van der Waals surface area contributed by atoms with Gasteiger partial charge in [0.2, 0.25) is 0 Å². The third-order valence-electron chi connectivity index (χ3n) is 3.25. The summed E-state index contributed by atoms with van der Waals surface area (Å²) < 4.78 is 0. The zero-order valence-corrected chi connectivity index (χ0v) is 11.9. The maximum absolute atomic E-state index is 4.84. The first-order chi connectivity index (χ1) is 7.75. The van der Waals surface area contributed by atoms with Crippen LogP contribution in [0.15, 0.2) is 4.99 Å². The molecular formula is C12H22N2S2. The molecule has 0 radical (unpaired) electrons. The molecule has 1 fully saturated rings. The Labute approximate surface area is 107 Å². The van der Waals surface area contributed by atoms with Gasteiger partial charge in [0.05, 0.1) is 6.04 Å². The van der Waals surface area contributed by atoms with Gasteiger partial charge in [-0.3, -0.25) is 4.99 Å². The number of aliphatic imine (C=N–C) groups is 1. The molecule has 0 aromatic heterocycles. The second kappa shape index (κ2) is 6.20. The summed E-state index contributed by atoms with van der Waals surface area (Å²) in [6, 6.07) is 1.22. The maximum Gasteiger partial charge on any atom is 0.157 e. The molecule has 92 valence electrons. The van der Waals surface area contributed by atoms with Crippen LogP contribution in [0.3, 0.4) is 0 Å². The topological polar surface area (TPSA) is 24.4 Å². The minimum absolute atomic E-state index is 0.543. The Hall–Kier alpha value is 0.170. The van der Waals surface area contributed by atoms with E-state index in [1.54, 1.807) is 0 Å². The fourth-order valence-electron chi connectivity index (χ4n) is 2.11. The lowest BCUT2D eigenvalue weighted by Gasteiger charge is -2.28. The number of amidine groups is 1. The highest BCUT2D eigenvalue weighted by atomic mass is 32.2. The van der Waals surface area contributed by atoms with Gasteiger partial charge in [-0.2, -0.15) is 11.8 Å². The van der Waals surface area contributed by atoms with Gasteiger partial charge in [0.1, 0.15) is 0 Å². The van der Waals surface area contributed by atoms with Crippen molar-refractivity contribution >= 4 is 28.7 Å². The van der Waals surface area contributed by atoms with Crippen LogP contribution in [-0.2, 0) is 0 Å². The maximum atomic E-state index is 4.84. The van der Waals surface area contributed by atoms with Crippen molar-refractivity contribution < 1.29 is 0 Å². The second-order valence-corrected chi connectivity index (χ2v) is 7.22. The average Bonchev–Trinajstić information content (AvgIpc) is 2.30. The Morgan fingerprint density at radius 2 is 1.94 bits per heavy atom. The highest BCUT2D eigenvalue weighted by Crippen LogP contribution is 2.23. The molecule has 2 aliphatic heterocycles. The van der Waals surface area contributed by atoms with Crippen molar-refractivity contribution in [1.29, 1.82) is 0 Å². The number of hydrogen-bond donors (Lipinski definition) is 1. The minimum Gasteiger partial charge on any atom is -0.362 e. The van der Waals surface area contributed by atoms with Crippen LogP contribution >= 0.6 is 23.5 Å². The largest absolute Gasteiger partial charge is 0.362 e. The lowest BCUT2D eigenvalue weighted by Crippen LogP contribution is -2.38. The summed E-state index contributed by atoms with van der Waals surface area (Å²) in [4.78, 5) is 4.84. The van der Waals surface area contributed by atoms with Crippen LogP contribution in [0.1, 0.15) is 33.1 Å². The van der Waals surface area contributed by atoms with Crippen molar-refractivity contribution in [2.45, 2.75) is 45.2 Å².